The Morgan fingerprint density at radius 3 is 2.78 bits per heavy atom. The Morgan fingerprint density at radius 1 is 1.14 bits per heavy atom. The van der Waals surface area contributed by atoms with Crippen LogP contribution in [0.25, 0.3) is 10.2 Å². The van der Waals surface area contributed by atoms with Crippen molar-refractivity contribution < 1.29 is 9.53 Å². The van der Waals surface area contributed by atoms with Crippen LogP contribution >= 0.6 is 11.3 Å². The summed E-state index contributed by atoms with van der Waals surface area (Å²) >= 11 is 1.69. The molecule has 0 bridgehead atoms. The van der Waals surface area contributed by atoms with Gasteiger partial charge in [-0.25, -0.2) is 9.97 Å². The van der Waals surface area contributed by atoms with Gasteiger partial charge in [-0.1, -0.05) is 0 Å². The van der Waals surface area contributed by atoms with Crippen molar-refractivity contribution >= 4 is 33.3 Å². The highest BCUT2D eigenvalue weighted by Gasteiger charge is 2.29. The number of carbonyl (C=O) groups is 1. The highest BCUT2D eigenvalue weighted by Crippen LogP contribution is 2.33. The fourth-order valence-corrected chi connectivity index (χ4v) is 6.80. The molecule has 0 radical (unpaired) electrons. The number of fused-ring (bicyclic) bond motifs is 1. The summed E-state index contributed by atoms with van der Waals surface area (Å²) < 4.78 is 7.59. The smallest absolute Gasteiger partial charge is 0.234 e. The molecule has 3 aliphatic rings. The van der Waals surface area contributed by atoms with E-state index in [2.05, 4.69) is 43.8 Å². The largest absolute Gasteiger partial charge is 0.381 e. The Balaban J connectivity index is 1.15. The molecule has 3 fully saturated rings. The lowest BCUT2D eigenvalue weighted by atomic mass is 9.89. The van der Waals surface area contributed by atoms with Gasteiger partial charge in [0.05, 0.1) is 24.2 Å². The van der Waals surface area contributed by atoms with E-state index in [9.17, 15) is 4.79 Å². The van der Waals surface area contributed by atoms with Gasteiger partial charge in [-0.2, -0.15) is 5.10 Å². The van der Waals surface area contributed by atoms with Crippen LogP contribution in [0, 0.1) is 6.92 Å². The van der Waals surface area contributed by atoms with Gasteiger partial charge in [0, 0.05) is 51.0 Å². The maximum absolute atomic E-state index is 11.8. The van der Waals surface area contributed by atoms with E-state index in [-0.39, 0.29) is 5.91 Å². The third-order valence-electron chi connectivity index (χ3n) is 7.87. The molecule has 0 unspecified atom stereocenters. The van der Waals surface area contributed by atoms with Crippen molar-refractivity contribution in [2.24, 2.45) is 0 Å². The summed E-state index contributed by atoms with van der Waals surface area (Å²) in [5, 5.41) is 14.7. The third kappa shape index (κ3) is 5.12. The Morgan fingerprint density at radius 2 is 1.97 bits per heavy atom. The standard InChI is InChI=1S/C26H35N7O2S/c1-17-16-36-26-24(17)25(29-19-2-4-20(5-3-19)32-9-8-27-23(34)15-32)30-22(31-26)12-18-13-28-33(14-18)21-6-10-35-11-7-21/h13-14,16,19-21H,2-12,15H2,1H3,(H,27,34)(H,29,30,31). The first-order valence-electron chi connectivity index (χ1n) is 13.2. The molecular formula is C26H35N7O2S. The van der Waals surface area contributed by atoms with Gasteiger partial charge < -0.3 is 15.4 Å². The first kappa shape index (κ1) is 23.8. The summed E-state index contributed by atoms with van der Waals surface area (Å²) in [7, 11) is 0. The minimum Gasteiger partial charge on any atom is -0.381 e. The van der Waals surface area contributed by atoms with E-state index in [0.29, 0.717) is 31.1 Å². The molecule has 3 aromatic rings. The SMILES string of the molecule is Cc1csc2nc(Cc3cnn(C4CCOCC4)c3)nc(NC3CCC(N4CCNC(=O)C4)CC3)c12. The van der Waals surface area contributed by atoms with Gasteiger partial charge in [0.25, 0.3) is 0 Å². The summed E-state index contributed by atoms with van der Waals surface area (Å²) in [4.78, 5) is 25.2. The van der Waals surface area contributed by atoms with Crippen LogP contribution in [0.4, 0.5) is 5.82 Å². The van der Waals surface area contributed by atoms with Crippen molar-refractivity contribution in [2.45, 2.75) is 70.0 Å². The van der Waals surface area contributed by atoms with E-state index in [4.69, 9.17) is 14.7 Å². The van der Waals surface area contributed by atoms with Crippen molar-refractivity contribution in [1.29, 1.82) is 0 Å². The number of nitrogens with zero attached hydrogens (tertiary/aromatic N) is 5. The van der Waals surface area contributed by atoms with Gasteiger partial charge in [0.1, 0.15) is 16.5 Å². The highest BCUT2D eigenvalue weighted by atomic mass is 32.1. The van der Waals surface area contributed by atoms with Gasteiger partial charge in [0.2, 0.25) is 5.91 Å². The maximum atomic E-state index is 11.8. The third-order valence-corrected chi connectivity index (χ3v) is 8.86. The van der Waals surface area contributed by atoms with Crippen molar-refractivity contribution in [3.8, 4) is 0 Å². The number of hydrogen-bond donors (Lipinski definition) is 2. The Kier molecular flexibility index (Phi) is 6.90. The molecular weight excluding hydrogens is 474 g/mol. The zero-order valence-corrected chi connectivity index (χ0v) is 21.7. The lowest BCUT2D eigenvalue weighted by molar-refractivity contribution is -0.125. The molecule has 36 heavy (non-hydrogen) atoms. The lowest BCUT2D eigenvalue weighted by Gasteiger charge is -2.38. The number of thiophene rings is 1. The molecule has 0 aromatic carbocycles. The Bertz CT molecular complexity index is 1210. The topological polar surface area (TPSA) is 97.2 Å². The molecule has 2 N–H and O–H groups in total. The molecule has 3 aromatic heterocycles. The molecule has 1 amide bonds. The van der Waals surface area contributed by atoms with Crippen molar-refractivity contribution in [1.82, 2.24) is 30.0 Å². The molecule has 9 nitrogen and oxygen atoms in total. The second-order valence-electron chi connectivity index (χ2n) is 10.4. The lowest BCUT2D eigenvalue weighted by Crippen LogP contribution is -2.52. The van der Waals surface area contributed by atoms with Gasteiger partial charge >= 0.3 is 0 Å². The molecule has 2 saturated heterocycles. The number of carbonyl (C=O) groups excluding carboxylic acids is 1. The first-order chi connectivity index (χ1) is 17.6. The molecule has 192 valence electrons. The van der Waals surface area contributed by atoms with Crippen LogP contribution in [0.15, 0.2) is 17.8 Å². The predicted octanol–water partition coefficient (Wildman–Crippen LogP) is 3.29. The summed E-state index contributed by atoms with van der Waals surface area (Å²) in [6, 6.07) is 1.31. The van der Waals surface area contributed by atoms with Crippen LogP contribution in [0.2, 0.25) is 0 Å². The van der Waals surface area contributed by atoms with Crippen molar-refractivity contribution in [2.75, 3.05) is 38.2 Å². The predicted molar refractivity (Wildman–Crippen MR) is 141 cm³/mol. The monoisotopic (exact) mass is 509 g/mol. The number of nitrogens with one attached hydrogen (secondary N) is 2. The zero-order valence-electron chi connectivity index (χ0n) is 20.9. The number of rotatable bonds is 6. The van der Waals surface area contributed by atoms with Crippen LogP contribution in [0.3, 0.4) is 0 Å². The molecule has 5 heterocycles. The number of piperazine rings is 1. The molecule has 1 aliphatic carbocycles. The molecule has 2 aliphatic heterocycles. The van der Waals surface area contributed by atoms with Crippen molar-refractivity contribution in [3.05, 3.63) is 34.7 Å². The molecule has 1 saturated carbocycles. The number of ether oxygens (including phenoxy) is 1. The quantitative estimate of drug-likeness (QED) is 0.526. The summed E-state index contributed by atoms with van der Waals surface area (Å²) in [5.41, 5.74) is 2.37. The van der Waals surface area contributed by atoms with E-state index in [1.807, 2.05) is 6.20 Å². The van der Waals surface area contributed by atoms with E-state index in [1.165, 1.54) is 5.56 Å². The molecule has 10 heteroatoms. The zero-order chi connectivity index (χ0) is 24.5. The normalized spacial score (nSPS) is 24.2. The van der Waals surface area contributed by atoms with E-state index in [0.717, 1.165) is 92.3 Å². The van der Waals surface area contributed by atoms with Crippen LogP contribution in [0.1, 0.15) is 61.5 Å². The molecule has 0 spiro atoms. The van der Waals surface area contributed by atoms with Crippen LogP contribution in [0.5, 0.6) is 0 Å². The van der Waals surface area contributed by atoms with Gasteiger partial charge in [-0.05, 0) is 62.0 Å². The Labute approximate surface area is 215 Å². The second-order valence-corrected chi connectivity index (χ2v) is 11.3. The van der Waals surface area contributed by atoms with Crippen LogP contribution in [-0.2, 0) is 16.0 Å². The van der Waals surface area contributed by atoms with Crippen molar-refractivity contribution in [3.63, 3.8) is 0 Å². The van der Waals surface area contributed by atoms with E-state index >= 15 is 0 Å². The second kappa shape index (κ2) is 10.4. The first-order valence-corrected chi connectivity index (χ1v) is 14.1. The number of amides is 1. The molecule has 0 atom stereocenters. The Hall–Kier alpha value is -2.56. The van der Waals surface area contributed by atoms with Crippen LogP contribution in [-0.4, -0.2) is 75.5 Å². The fourth-order valence-electron chi connectivity index (χ4n) is 5.86. The van der Waals surface area contributed by atoms with E-state index in [1.54, 1.807) is 11.3 Å². The average Bonchev–Trinajstić information content (AvgIpc) is 3.52. The minimum absolute atomic E-state index is 0.156. The van der Waals surface area contributed by atoms with Gasteiger partial charge in [-0.15, -0.1) is 11.3 Å². The summed E-state index contributed by atoms with van der Waals surface area (Å²) in [6.07, 6.45) is 11.2. The van der Waals surface area contributed by atoms with Gasteiger partial charge in [-0.3, -0.25) is 14.4 Å². The maximum Gasteiger partial charge on any atom is 0.234 e. The summed E-state index contributed by atoms with van der Waals surface area (Å²) in [5.74, 6) is 1.96. The number of aromatic nitrogens is 4. The van der Waals surface area contributed by atoms with E-state index < -0.39 is 0 Å². The van der Waals surface area contributed by atoms with Crippen LogP contribution < -0.4 is 10.6 Å². The minimum atomic E-state index is 0.156. The fraction of sp³-hybridized carbons (Fsp3) is 0.615. The average molecular weight is 510 g/mol. The number of hydrogen-bond acceptors (Lipinski definition) is 8. The number of anilines is 1. The number of aryl methyl sites for hydroxylation is 1. The summed E-state index contributed by atoms with van der Waals surface area (Å²) in [6.45, 7) is 6.03. The molecule has 6 rings (SSSR count). The van der Waals surface area contributed by atoms with Gasteiger partial charge in [0.15, 0.2) is 0 Å². The highest BCUT2D eigenvalue weighted by molar-refractivity contribution is 7.17.